The van der Waals surface area contributed by atoms with Crippen LogP contribution in [0.15, 0.2) is 51.8 Å². The number of amides is 1. The molecule has 1 amide bonds. The van der Waals surface area contributed by atoms with Crippen LogP contribution in [0.1, 0.15) is 56.0 Å². The van der Waals surface area contributed by atoms with Gasteiger partial charge in [-0.05, 0) is 49.1 Å². The number of aryl methyl sites for hydroxylation is 1. The first-order chi connectivity index (χ1) is 14.2. The van der Waals surface area contributed by atoms with Gasteiger partial charge in [0.2, 0.25) is 0 Å². The van der Waals surface area contributed by atoms with Crippen LogP contribution >= 0.6 is 0 Å². The number of carbonyl (C=O) groups excluding carboxylic acids is 1. The molecule has 2 aromatic rings. The molecule has 0 bridgehead atoms. The summed E-state index contributed by atoms with van der Waals surface area (Å²) in [5, 5.41) is 2.82. The van der Waals surface area contributed by atoms with E-state index in [-0.39, 0.29) is 16.7 Å². The second-order valence-electron chi connectivity index (χ2n) is 8.04. The van der Waals surface area contributed by atoms with Crippen LogP contribution in [0.3, 0.4) is 0 Å². The largest absolute Gasteiger partial charge is 0.328 e. The van der Waals surface area contributed by atoms with E-state index in [1.54, 1.807) is 24.3 Å². The molecule has 0 unspecified atom stereocenters. The fourth-order valence-corrected chi connectivity index (χ4v) is 4.77. The smallest absolute Gasteiger partial charge is 0.286 e. The maximum absolute atomic E-state index is 12.9. The van der Waals surface area contributed by atoms with Gasteiger partial charge in [0.15, 0.2) is 0 Å². The first kappa shape index (κ1) is 22.0. The lowest BCUT2D eigenvalue weighted by Crippen LogP contribution is -2.37. The van der Waals surface area contributed by atoms with E-state index >= 15 is 0 Å². The molecular formula is C23H29N3O3S. The highest BCUT2D eigenvalue weighted by atomic mass is 32.2. The SMILES string of the molecule is CCCCN1C(CC(C)C)=NS(=O)(=O)c2cc(NC(=O)c3ccccc3C)ccc21. The maximum Gasteiger partial charge on any atom is 0.286 e. The van der Waals surface area contributed by atoms with Gasteiger partial charge >= 0.3 is 0 Å². The number of hydrogen-bond acceptors (Lipinski definition) is 4. The van der Waals surface area contributed by atoms with Crippen molar-refractivity contribution in [2.45, 2.75) is 51.9 Å². The maximum atomic E-state index is 12.9. The van der Waals surface area contributed by atoms with E-state index in [0.717, 1.165) is 18.4 Å². The van der Waals surface area contributed by atoms with Crippen molar-refractivity contribution in [1.82, 2.24) is 0 Å². The van der Waals surface area contributed by atoms with Crippen LogP contribution in [0.25, 0.3) is 0 Å². The van der Waals surface area contributed by atoms with Gasteiger partial charge in [0.1, 0.15) is 10.7 Å². The summed E-state index contributed by atoms with van der Waals surface area (Å²) in [4.78, 5) is 14.8. The Morgan fingerprint density at radius 1 is 1.17 bits per heavy atom. The number of unbranched alkanes of at least 4 members (excludes halogenated alkanes) is 1. The molecule has 0 saturated carbocycles. The molecular weight excluding hydrogens is 398 g/mol. The lowest BCUT2D eigenvalue weighted by molar-refractivity contribution is 0.102. The molecule has 0 fully saturated rings. The van der Waals surface area contributed by atoms with Gasteiger partial charge in [0.25, 0.3) is 15.9 Å². The Kier molecular flexibility index (Phi) is 6.61. The highest BCUT2D eigenvalue weighted by Crippen LogP contribution is 2.35. The van der Waals surface area contributed by atoms with Crippen LogP contribution in [0, 0.1) is 12.8 Å². The first-order valence-corrected chi connectivity index (χ1v) is 11.8. The van der Waals surface area contributed by atoms with E-state index in [0.29, 0.717) is 35.7 Å². The summed E-state index contributed by atoms with van der Waals surface area (Å²) in [7, 11) is -3.83. The predicted molar refractivity (Wildman–Crippen MR) is 122 cm³/mol. The second-order valence-corrected chi connectivity index (χ2v) is 9.61. The molecule has 30 heavy (non-hydrogen) atoms. The number of anilines is 2. The number of rotatable bonds is 7. The lowest BCUT2D eigenvalue weighted by Gasteiger charge is -2.32. The van der Waals surface area contributed by atoms with Crippen LogP contribution in [0.4, 0.5) is 11.4 Å². The van der Waals surface area contributed by atoms with Gasteiger partial charge in [0.05, 0.1) is 5.69 Å². The molecule has 0 aromatic heterocycles. The van der Waals surface area contributed by atoms with Crippen molar-refractivity contribution >= 4 is 33.1 Å². The quantitative estimate of drug-likeness (QED) is 0.674. The zero-order chi connectivity index (χ0) is 21.9. The monoisotopic (exact) mass is 427 g/mol. The minimum absolute atomic E-state index is 0.133. The van der Waals surface area contributed by atoms with E-state index in [1.807, 2.05) is 37.8 Å². The fourth-order valence-electron chi connectivity index (χ4n) is 3.50. The van der Waals surface area contributed by atoms with Gasteiger partial charge in [-0.15, -0.1) is 4.40 Å². The Bertz CT molecular complexity index is 1070. The van der Waals surface area contributed by atoms with Crippen molar-refractivity contribution in [2.75, 3.05) is 16.8 Å². The number of benzene rings is 2. The molecule has 0 saturated heterocycles. The van der Waals surface area contributed by atoms with Crippen molar-refractivity contribution in [3.05, 3.63) is 53.6 Å². The zero-order valence-corrected chi connectivity index (χ0v) is 18.8. The predicted octanol–water partition coefficient (Wildman–Crippen LogP) is 5.00. The van der Waals surface area contributed by atoms with Crippen LogP contribution in [0.2, 0.25) is 0 Å². The van der Waals surface area contributed by atoms with E-state index in [1.165, 1.54) is 6.07 Å². The summed E-state index contributed by atoms with van der Waals surface area (Å²) < 4.78 is 30.0. The van der Waals surface area contributed by atoms with Gasteiger partial charge in [-0.3, -0.25) is 4.79 Å². The molecule has 0 spiro atoms. The number of carbonyl (C=O) groups is 1. The van der Waals surface area contributed by atoms with Crippen LogP contribution in [-0.4, -0.2) is 26.7 Å². The molecule has 7 heteroatoms. The Morgan fingerprint density at radius 3 is 2.57 bits per heavy atom. The number of sulfonamides is 1. The molecule has 2 aromatic carbocycles. The van der Waals surface area contributed by atoms with E-state index in [2.05, 4.69) is 16.6 Å². The number of hydrogen-bond donors (Lipinski definition) is 1. The third-order valence-electron chi connectivity index (χ3n) is 5.04. The van der Waals surface area contributed by atoms with Crippen LogP contribution in [-0.2, 0) is 10.0 Å². The highest BCUT2D eigenvalue weighted by molar-refractivity contribution is 7.90. The molecule has 0 atom stereocenters. The standard InChI is InChI=1S/C23H29N3O3S/c1-5-6-13-26-20-12-11-18(24-23(27)19-10-8-7-9-17(19)4)15-21(20)30(28,29)25-22(26)14-16(2)3/h7-12,15-16H,5-6,13-14H2,1-4H3,(H,24,27). The number of nitrogens with one attached hydrogen (secondary N) is 1. The number of fused-ring (bicyclic) bond motifs is 1. The van der Waals surface area contributed by atoms with Gasteiger partial charge < -0.3 is 10.2 Å². The van der Waals surface area contributed by atoms with E-state index < -0.39 is 10.0 Å². The third kappa shape index (κ3) is 4.73. The number of amidine groups is 1. The normalized spacial score (nSPS) is 15.0. The van der Waals surface area contributed by atoms with Gasteiger partial charge in [-0.2, -0.15) is 8.42 Å². The Balaban J connectivity index is 1.97. The summed E-state index contributed by atoms with van der Waals surface area (Å²) in [5.74, 6) is 0.605. The Labute approximate surface area is 179 Å². The molecule has 6 nitrogen and oxygen atoms in total. The molecule has 1 aliphatic heterocycles. The molecule has 1 N–H and O–H groups in total. The van der Waals surface area contributed by atoms with Crippen molar-refractivity contribution in [1.29, 1.82) is 0 Å². The highest BCUT2D eigenvalue weighted by Gasteiger charge is 2.31. The van der Waals surface area contributed by atoms with E-state index in [9.17, 15) is 13.2 Å². The molecule has 160 valence electrons. The van der Waals surface area contributed by atoms with Crippen LogP contribution < -0.4 is 10.2 Å². The minimum atomic E-state index is -3.83. The Hall–Kier alpha value is -2.67. The summed E-state index contributed by atoms with van der Waals surface area (Å²) in [6, 6.07) is 12.3. The van der Waals surface area contributed by atoms with Gasteiger partial charge in [-0.25, -0.2) is 0 Å². The molecule has 3 rings (SSSR count). The summed E-state index contributed by atoms with van der Waals surface area (Å²) in [6.07, 6.45) is 2.52. The van der Waals surface area contributed by atoms with Crippen molar-refractivity contribution < 1.29 is 13.2 Å². The average Bonchev–Trinajstić information content (AvgIpc) is 2.67. The Morgan fingerprint density at radius 2 is 1.90 bits per heavy atom. The minimum Gasteiger partial charge on any atom is -0.328 e. The van der Waals surface area contributed by atoms with Gasteiger partial charge in [0, 0.05) is 24.2 Å². The fraction of sp³-hybridized carbons (Fsp3) is 0.391. The zero-order valence-electron chi connectivity index (χ0n) is 18.0. The summed E-state index contributed by atoms with van der Waals surface area (Å²) in [5.41, 5.74) is 2.47. The summed E-state index contributed by atoms with van der Waals surface area (Å²) in [6.45, 7) is 8.77. The van der Waals surface area contributed by atoms with Crippen molar-refractivity contribution in [2.24, 2.45) is 10.3 Å². The lowest BCUT2D eigenvalue weighted by atomic mass is 10.1. The molecule has 0 radical (unpaired) electrons. The van der Waals surface area contributed by atoms with Crippen LogP contribution in [0.5, 0.6) is 0 Å². The molecule has 1 heterocycles. The van der Waals surface area contributed by atoms with E-state index in [4.69, 9.17) is 0 Å². The molecule has 0 aliphatic carbocycles. The third-order valence-corrected chi connectivity index (χ3v) is 6.37. The first-order valence-electron chi connectivity index (χ1n) is 10.4. The number of nitrogens with zero attached hydrogens (tertiary/aromatic N) is 2. The van der Waals surface area contributed by atoms with Crippen molar-refractivity contribution in [3.63, 3.8) is 0 Å². The summed E-state index contributed by atoms with van der Waals surface area (Å²) >= 11 is 0. The van der Waals surface area contributed by atoms with Gasteiger partial charge in [-0.1, -0.05) is 45.4 Å². The molecule has 1 aliphatic rings. The topological polar surface area (TPSA) is 78.8 Å². The van der Waals surface area contributed by atoms with Crippen molar-refractivity contribution in [3.8, 4) is 0 Å². The second kappa shape index (κ2) is 9.00. The average molecular weight is 428 g/mol.